The Balaban J connectivity index is 1.95. The van der Waals surface area contributed by atoms with E-state index in [0.29, 0.717) is 6.61 Å². The lowest BCUT2D eigenvalue weighted by atomic mass is 10.1. The van der Waals surface area contributed by atoms with Crippen LogP contribution in [0.4, 0.5) is 0 Å². The molecule has 1 unspecified atom stereocenters. The van der Waals surface area contributed by atoms with Gasteiger partial charge in [0.2, 0.25) is 0 Å². The van der Waals surface area contributed by atoms with E-state index in [9.17, 15) is 0 Å². The van der Waals surface area contributed by atoms with Gasteiger partial charge in [-0.3, -0.25) is 0 Å². The first kappa shape index (κ1) is 11.2. The second kappa shape index (κ2) is 5.17. The molecule has 1 aliphatic heterocycles. The van der Waals surface area contributed by atoms with Crippen molar-refractivity contribution in [2.45, 2.75) is 25.9 Å². The summed E-state index contributed by atoms with van der Waals surface area (Å²) in [6, 6.07) is 6.10. The third-order valence-electron chi connectivity index (χ3n) is 2.88. The highest BCUT2D eigenvalue weighted by Crippen LogP contribution is 2.21. The number of hydrogen-bond acceptors (Lipinski definition) is 2. The fourth-order valence-corrected chi connectivity index (χ4v) is 1.92. The third kappa shape index (κ3) is 2.64. The van der Waals surface area contributed by atoms with Crippen molar-refractivity contribution in [2.75, 3.05) is 13.2 Å². The van der Waals surface area contributed by atoms with Crippen molar-refractivity contribution in [1.29, 1.82) is 0 Å². The van der Waals surface area contributed by atoms with Crippen molar-refractivity contribution < 1.29 is 9.47 Å². The van der Waals surface area contributed by atoms with Gasteiger partial charge in [0.15, 0.2) is 0 Å². The molecular weight excluding hydrogens is 200 g/mol. The lowest BCUT2D eigenvalue weighted by Crippen LogP contribution is -2.16. The van der Waals surface area contributed by atoms with Gasteiger partial charge in [0.05, 0.1) is 6.10 Å². The molecule has 1 aromatic rings. The Morgan fingerprint density at radius 3 is 3.06 bits per heavy atom. The lowest BCUT2D eigenvalue weighted by molar-refractivity contribution is 0.0677. The monoisotopic (exact) mass is 218 g/mol. The Labute approximate surface area is 96.9 Å². The summed E-state index contributed by atoms with van der Waals surface area (Å²) in [5.74, 6) is 0.945. The summed E-state index contributed by atoms with van der Waals surface area (Å²) < 4.78 is 11.3. The largest absolute Gasteiger partial charge is 0.491 e. The summed E-state index contributed by atoms with van der Waals surface area (Å²) >= 11 is 0. The van der Waals surface area contributed by atoms with Gasteiger partial charge in [-0.2, -0.15) is 0 Å². The molecule has 1 aliphatic rings. The van der Waals surface area contributed by atoms with Crippen LogP contribution in [0.5, 0.6) is 5.75 Å². The second-order valence-electron chi connectivity index (χ2n) is 4.18. The minimum Gasteiger partial charge on any atom is -0.491 e. The lowest BCUT2D eigenvalue weighted by Gasteiger charge is -2.13. The Hall–Kier alpha value is -1.28. The Kier molecular flexibility index (Phi) is 3.62. The highest BCUT2D eigenvalue weighted by atomic mass is 16.5. The third-order valence-corrected chi connectivity index (χ3v) is 2.88. The van der Waals surface area contributed by atoms with Gasteiger partial charge in [0.1, 0.15) is 12.4 Å². The zero-order valence-corrected chi connectivity index (χ0v) is 9.74. The smallest absolute Gasteiger partial charge is 0.122 e. The van der Waals surface area contributed by atoms with E-state index in [0.717, 1.165) is 36.3 Å². The molecule has 0 saturated carbocycles. The summed E-state index contributed by atoms with van der Waals surface area (Å²) in [5.41, 5.74) is 2.28. The molecule has 1 fully saturated rings. The predicted octanol–water partition coefficient (Wildman–Crippen LogP) is 3.20. The molecule has 0 aromatic heterocycles. The molecule has 0 spiro atoms. The molecule has 1 heterocycles. The first-order chi connectivity index (χ1) is 7.79. The van der Waals surface area contributed by atoms with Crippen LogP contribution in [0.15, 0.2) is 24.8 Å². The van der Waals surface area contributed by atoms with Crippen molar-refractivity contribution >= 4 is 6.08 Å². The summed E-state index contributed by atoms with van der Waals surface area (Å²) in [6.07, 6.45) is 4.39. The zero-order chi connectivity index (χ0) is 11.4. The number of ether oxygens (including phenoxy) is 2. The number of aryl methyl sites for hydroxylation is 1. The molecule has 0 aliphatic carbocycles. The van der Waals surface area contributed by atoms with Crippen LogP contribution in [0.2, 0.25) is 0 Å². The maximum atomic E-state index is 5.76. The van der Waals surface area contributed by atoms with E-state index >= 15 is 0 Å². The van der Waals surface area contributed by atoms with Gasteiger partial charge in [-0.15, -0.1) is 0 Å². The summed E-state index contributed by atoms with van der Waals surface area (Å²) in [6.45, 7) is 7.34. The first-order valence-electron chi connectivity index (χ1n) is 5.77. The van der Waals surface area contributed by atoms with Crippen molar-refractivity contribution in [3.63, 3.8) is 0 Å². The van der Waals surface area contributed by atoms with Crippen LogP contribution in [-0.4, -0.2) is 19.3 Å². The normalized spacial score (nSPS) is 19.7. The molecule has 2 heteroatoms. The fourth-order valence-electron chi connectivity index (χ4n) is 1.92. The fraction of sp³-hybridized carbons (Fsp3) is 0.429. The highest BCUT2D eigenvalue weighted by molar-refractivity contribution is 5.51. The number of rotatable bonds is 4. The van der Waals surface area contributed by atoms with E-state index in [1.54, 1.807) is 0 Å². The molecule has 0 N–H and O–H groups in total. The minimum absolute atomic E-state index is 0.276. The summed E-state index contributed by atoms with van der Waals surface area (Å²) in [7, 11) is 0. The van der Waals surface area contributed by atoms with E-state index in [1.165, 1.54) is 0 Å². The van der Waals surface area contributed by atoms with Gasteiger partial charge >= 0.3 is 0 Å². The van der Waals surface area contributed by atoms with E-state index < -0.39 is 0 Å². The second-order valence-corrected chi connectivity index (χ2v) is 4.18. The van der Waals surface area contributed by atoms with E-state index in [2.05, 4.69) is 19.6 Å². The van der Waals surface area contributed by atoms with Crippen LogP contribution < -0.4 is 4.74 Å². The first-order valence-corrected chi connectivity index (χ1v) is 5.77. The zero-order valence-electron chi connectivity index (χ0n) is 9.74. The van der Waals surface area contributed by atoms with Crippen LogP contribution in [0, 0.1) is 6.92 Å². The highest BCUT2D eigenvalue weighted by Gasteiger charge is 2.16. The van der Waals surface area contributed by atoms with E-state index in [-0.39, 0.29) is 6.10 Å². The van der Waals surface area contributed by atoms with Crippen LogP contribution in [-0.2, 0) is 4.74 Å². The summed E-state index contributed by atoms with van der Waals surface area (Å²) in [5, 5.41) is 0. The number of hydrogen-bond donors (Lipinski definition) is 0. The molecule has 2 nitrogen and oxygen atoms in total. The average molecular weight is 218 g/mol. The molecular formula is C14H18O2. The van der Waals surface area contributed by atoms with E-state index in [4.69, 9.17) is 9.47 Å². The standard InChI is InChI=1S/C14H18O2/c1-3-12-6-7-14(11(2)9-12)16-10-13-5-4-8-15-13/h3,6-7,9,13H,1,4-5,8,10H2,2H3. The minimum atomic E-state index is 0.276. The average Bonchev–Trinajstić information content (AvgIpc) is 2.80. The van der Waals surface area contributed by atoms with Gasteiger partial charge in [0.25, 0.3) is 0 Å². The van der Waals surface area contributed by atoms with Crippen LogP contribution in [0.1, 0.15) is 24.0 Å². The van der Waals surface area contributed by atoms with Crippen LogP contribution in [0.3, 0.4) is 0 Å². The molecule has 16 heavy (non-hydrogen) atoms. The number of benzene rings is 1. The van der Waals surface area contributed by atoms with Crippen LogP contribution in [0.25, 0.3) is 6.08 Å². The Morgan fingerprint density at radius 2 is 2.44 bits per heavy atom. The van der Waals surface area contributed by atoms with Crippen molar-refractivity contribution in [2.24, 2.45) is 0 Å². The van der Waals surface area contributed by atoms with Gasteiger partial charge < -0.3 is 9.47 Å². The molecule has 0 amide bonds. The Bertz CT molecular complexity index is 365. The summed E-state index contributed by atoms with van der Waals surface area (Å²) in [4.78, 5) is 0. The topological polar surface area (TPSA) is 18.5 Å². The quantitative estimate of drug-likeness (QED) is 0.772. The van der Waals surface area contributed by atoms with Gasteiger partial charge in [-0.25, -0.2) is 0 Å². The van der Waals surface area contributed by atoms with Gasteiger partial charge in [0, 0.05) is 6.61 Å². The molecule has 0 radical (unpaired) electrons. The molecule has 1 aromatic carbocycles. The van der Waals surface area contributed by atoms with Gasteiger partial charge in [-0.1, -0.05) is 18.7 Å². The SMILES string of the molecule is C=Cc1ccc(OCC2CCCO2)c(C)c1. The predicted molar refractivity (Wildman–Crippen MR) is 65.7 cm³/mol. The Morgan fingerprint density at radius 1 is 1.56 bits per heavy atom. The molecule has 0 bridgehead atoms. The maximum Gasteiger partial charge on any atom is 0.122 e. The van der Waals surface area contributed by atoms with Crippen molar-refractivity contribution in [3.05, 3.63) is 35.9 Å². The molecule has 1 atom stereocenters. The maximum absolute atomic E-state index is 5.76. The van der Waals surface area contributed by atoms with Crippen LogP contribution >= 0.6 is 0 Å². The molecule has 2 rings (SSSR count). The molecule has 1 saturated heterocycles. The van der Waals surface area contributed by atoms with Crippen molar-refractivity contribution in [3.8, 4) is 5.75 Å². The van der Waals surface area contributed by atoms with E-state index in [1.807, 2.05) is 18.2 Å². The van der Waals surface area contributed by atoms with Gasteiger partial charge in [-0.05, 0) is 43.0 Å². The molecule has 86 valence electrons. The van der Waals surface area contributed by atoms with Crippen molar-refractivity contribution in [1.82, 2.24) is 0 Å².